The van der Waals surface area contributed by atoms with E-state index in [-0.39, 0.29) is 5.91 Å². The van der Waals surface area contributed by atoms with E-state index in [1.165, 1.54) is 15.8 Å². The Morgan fingerprint density at radius 1 is 1.24 bits per heavy atom. The number of piperazine rings is 1. The summed E-state index contributed by atoms with van der Waals surface area (Å²) in [5, 5.41) is 11.6. The normalized spacial score (nSPS) is 18.4. The third-order valence-electron chi connectivity index (χ3n) is 4.93. The van der Waals surface area contributed by atoms with Crippen molar-refractivity contribution in [3.63, 3.8) is 0 Å². The molecule has 1 aromatic heterocycles. The molecule has 0 radical (unpaired) electrons. The second kappa shape index (κ2) is 6.49. The number of amides is 1. The Bertz CT molecular complexity index is 852. The molecular weight excluding hydrogens is 332 g/mol. The first-order chi connectivity index (χ1) is 12.2. The van der Waals surface area contributed by atoms with Crippen molar-refractivity contribution in [3.05, 3.63) is 29.6 Å². The number of benzene rings is 1. The van der Waals surface area contributed by atoms with E-state index >= 15 is 0 Å². The molecule has 0 N–H and O–H groups in total. The summed E-state index contributed by atoms with van der Waals surface area (Å²) >= 11 is 1.76. The quantitative estimate of drug-likeness (QED) is 0.773. The number of hydrogen-bond acceptors (Lipinski definition) is 5. The molecule has 0 aliphatic carbocycles. The number of carbonyl (C=O) groups excluding carboxylic acids is 1. The van der Waals surface area contributed by atoms with Crippen LogP contribution in [0.1, 0.15) is 19.3 Å². The van der Waals surface area contributed by atoms with Crippen molar-refractivity contribution in [1.82, 2.24) is 4.90 Å². The van der Waals surface area contributed by atoms with Gasteiger partial charge in [-0.25, -0.2) is 0 Å². The first-order valence-electron chi connectivity index (χ1n) is 8.57. The third-order valence-corrected chi connectivity index (χ3v) is 5.81. The zero-order chi connectivity index (χ0) is 17.3. The van der Waals surface area contributed by atoms with E-state index in [0.717, 1.165) is 26.2 Å². The highest BCUT2D eigenvalue weighted by Crippen LogP contribution is 2.37. The maximum atomic E-state index is 12.6. The van der Waals surface area contributed by atoms with Crippen molar-refractivity contribution < 1.29 is 4.79 Å². The maximum Gasteiger partial charge on any atom is 0.227 e. The Balaban J connectivity index is 1.36. The van der Waals surface area contributed by atoms with Crippen LogP contribution in [0.2, 0.25) is 0 Å². The molecule has 2 aromatic rings. The Morgan fingerprint density at radius 3 is 2.76 bits per heavy atom. The lowest BCUT2D eigenvalue weighted by atomic mass is 10.0. The Hall–Kier alpha value is -2.39. The minimum atomic E-state index is -0.525. The molecule has 1 saturated heterocycles. The summed E-state index contributed by atoms with van der Waals surface area (Å²) in [7, 11) is 0. The Morgan fingerprint density at radius 2 is 2.04 bits per heavy atom. The monoisotopic (exact) mass is 352 g/mol. The second-order valence-corrected chi connectivity index (χ2v) is 7.49. The number of nitrogens with zero attached hydrogens (tertiary/aromatic N) is 4. The predicted molar refractivity (Wildman–Crippen MR) is 101 cm³/mol. The standard InChI is InChI=1S/C19H20N4OS/c1-2-3-8-19(20-21-19)14-18(24)23-11-9-22(10-12-23)16-5-4-6-17-15(16)7-13-25-17/h1,4-7,13H,3,8-12,14H2. The van der Waals surface area contributed by atoms with Crippen LogP contribution in [0.15, 0.2) is 39.9 Å². The summed E-state index contributed by atoms with van der Waals surface area (Å²) in [4.78, 5) is 16.9. The van der Waals surface area contributed by atoms with Crippen LogP contribution in [0.25, 0.3) is 10.1 Å². The molecule has 0 spiro atoms. The van der Waals surface area contributed by atoms with E-state index in [4.69, 9.17) is 6.42 Å². The van der Waals surface area contributed by atoms with Crippen molar-refractivity contribution in [1.29, 1.82) is 0 Å². The van der Waals surface area contributed by atoms with E-state index in [1.54, 1.807) is 11.3 Å². The molecule has 25 heavy (non-hydrogen) atoms. The van der Waals surface area contributed by atoms with Gasteiger partial charge in [0.2, 0.25) is 11.6 Å². The van der Waals surface area contributed by atoms with Gasteiger partial charge in [-0.15, -0.1) is 23.7 Å². The van der Waals surface area contributed by atoms with Gasteiger partial charge in [0.1, 0.15) is 0 Å². The fraction of sp³-hybridized carbons (Fsp3) is 0.421. The summed E-state index contributed by atoms with van der Waals surface area (Å²) in [5.74, 6) is 2.74. The van der Waals surface area contributed by atoms with Gasteiger partial charge in [0, 0.05) is 54.8 Å². The van der Waals surface area contributed by atoms with E-state index in [9.17, 15) is 4.79 Å². The van der Waals surface area contributed by atoms with Crippen LogP contribution >= 0.6 is 11.3 Å². The van der Waals surface area contributed by atoms with Gasteiger partial charge < -0.3 is 9.80 Å². The SMILES string of the molecule is C#CCCC1(CC(=O)N2CCN(c3cccc4sccc34)CC2)N=N1. The molecule has 0 bridgehead atoms. The molecular formula is C19H20N4OS. The summed E-state index contributed by atoms with van der Waals surface area (Å²) < 4.78 is 1.31. The topological polar surface area (TPSA) is 48.3 Å². The second-order valence-electron chi connectivity index (χ2n) is 6.54. The van der Waals surface area contributed by atoms with Crippen LogP contribution < -0.4 is 4.90 Å². The van der Waals surface area contributed by atoms with Gasteiger partial charge >= 0.3 is 0 Å². The molecule has 2 aliphatic rings. The molecule has 1 aromatic carbocycles. The first kappa shape index (κ1) is 16.1. The molecule has 1 amide bonds. The van der Waals surface area contributed by atoms with Crippen LogP contribution in [0.5, 0.6) is 0 Å². The Labute approximate surface area is 151 Å². The van der Waals surface area contributed by atoms with Gasteiger partial charge in [0.05, 0.1) is 6.42 Å². The fourth-order valence-corrected chi connectivity index (χ4v) is 4.21. The molecule has 0 atom stereocenters. The number of rotatable bonds is 5. The molecule has 128 valence electrons. The van der Waals surface area contributed by atoms with Crippen LogP contribution in [0, 0.1) is 12.3 Å². The lowest BCUT2D eigenvalue weighted by Crippen LogP contribution is -2.49. The predicted octanol–water partition coefficient (Wildman–Crippen LogP) is 3.52. The fourth-order valence-electron chi connectivity index (χ4n) is 3.41. The van der Waals surface area contributed by atoms with Gasteiger partial charge in [-0.05, 0) is 23.6 Å². The molecule has 6 heteroatoms. The van der Waals surface area contributed by atoms with Crippen LogP contribution in [0.4, 0.5) is 5.69 Å². The maximum absolute atomic E-state index is 12.6. The smallest absolute Gasteiger partial charge is 0.227 e. The molecule has 2 aliphatic heterocycles. The first-order valence-corrected chi connectivity index (χ1v) is 9.45. The Kier molecular flexibility index (Phi) is 4.18. The number of carbonyl (C=O) groups is 1. The average molecular weight is 352 g/mol. The van der Waals surface area contributed by atoms with Crippen molar-refractivity contribution in [2.75, 3.05) is 31.1 Å². The molecule has 5 nitrogen and oxygen atoms in total. The van der Waals surface area contributed by atoms with E-state index in [2.05, 4.69) is 50.7 Å². The molecule has 0 unspecified atom stereocenters. The number of terminal acetylenes is 1. The minimum absolute atomic E-state index is 0.135. The lowest BCUT2D eigenvalue weighted by Gasteiger charge is -2.36. The molecule has 3 heterocycles. The summed E-state index contributed by atoms with van der Waals surface area (Å²) in [6.45, 7) is 3.19. The van der Waals surface area contributed by atoms with Crippen LogP contribution in [0.3, 0.4) is 0 Å². The summed E-state index contributed by atoms with van der Waals surface area (Å²) in [6.07, 6.45) is 6.95. The van der Waals surface area contributed by atoms with Crippen molar-refractivity contribution >= 4 is 33.0 Å². The summed E-state index contributed by atoms with van der Waals surface area (Å²) in [5.41, 5.74) is 0.742. The number of thiophene rings is 1. The summed E-state index contributed by atoms with van der Waals surface area (Å²) in [6, 6.07) is 8.61. The number of fused-ring (bicyclic) bond motifs is 1. The van der Waals surface area contributed by atoms with E-state index < -0.39 is 5.66 Å². The lowest BCUT2D eigenvalue weighted by molar-refractivity contribution is -0.132. The largest absolute Gasteiger partial charge is 0.367 e. The van der Waals surface area contributed by atoms with Gasteiger partial charge in [-0.1, -0.05) is 6.07 Å². The number of anilines is 1. The zero-order valence-electron chi connectivity index (χ0n) is 14.0. The van der Waals surface area contributed by atoms with Crippen molar-refractivity contribution in [3.8, 4) is 12.3 Å². The highest BCUT2D eigenvalue weighted by molar-refractivity contribution is 7.17. The number of hydrogen-bond donors (Lipinski definition) is 0. The van der Waals surface area contributed by atoms with Gasteiger partial charge in [-0.2, -0.15) is 10.2 Å². The van der Waals surface area contributed by atoms with E-state index in [1.807, 2.05) is 4.90 Å². The highest BCUT2D eigenvalue weighted by Gasteiger charge is 2.42. The van der Waals surface area contributed by atoms with Gasteiger partial charge in [-0.3, -0.25) is 4.79 Å². The third kappa shape index (κ3) is 3.24. The zero-order valence-corrected chi connectivity index (χ0v) is 14.8. The van der Waals surface area contributed by atoms with Crippen LogP contribution in [-0.2, 0) is 4.79 Å². The molecule has 4 rings (SSSR count). The van der Waals surface area contributed by atoms with Crippen molar-refractivity contribution in [2.45, 2.75) is 24.9 Å². The molecule has 1 fully saturated rings. The molecule has 0 saturated carbocycles. The average Bonchev–Trinajstić information content (AvgIpc) is 3.23. The highest BCUT2D eigenvalue weighted by atomic mass is 32.1. The van der Waals surface area contributed by atoms with Crippen molar-refractivity contribution in [2.24, 2.45) is 10.2 Å². The van der Waals surface area contributed by atoms with E-state index in [0.29, 0.717) is 19.3 Å². The van der Waals surface area contributed by atoms with Crippen LogP contribution in [-0.4, -0.2) is 42.6 Å². The van der Waals surface area contributed by atoms with Gasteiger partial charge in [0.15, 0.2) is 0 Å². The van der Waals surface area contributed by atoms with Gasteiger partial charge in [0.25, 0.3) is 0 Å². The minimum Gasteiger partial charge on any atom is -0.367 e.